The number of benzene rings is 2. The Kier molecular flexibility index (Phi) is 4.10. The summed E-state index contributed by atoms with van der Waals surface area (Å²) in [6.07, 6.45) is 3.77. The van der Waals surface area contributed by atoms with Crippen LogP contribution in [0.1, 0.15) is 27.5 Å². The molecule has 146 valence electrons. The fourth-order valence-corrected chi connectivity index (χ4v) is 5.31. The first-order chi connectivity index (χ1) is 14.0. The quantitative estimate of drug-likeness (QED) is 0.572. The molecule has 29 heavy (non-hydrogen) atoms. The zero-order chi connectivity index (χ0) is 20.3. The van der Waals surface area contributed by atoms with Crippen molar-refractivity contribution in [3.63, 3.8) is 0 Å². The number of carbonyl (C=O) groups excluding carboxylic acids is 3. The summed E-state index contributed by atoms with van der Waals surface area (Å²) in [6.45, 7) is 0. The molecule has 0 aliphatic carbocycles. The van der Waals surface area contributed by atoms with E-state index in [9.17, 15) is 14.4 Å². The standard InChI is InChI=1S/C22H17BrN2O4/c1-29-15-7-6-12(10-14(15)23)20(26)19-17-16(21(27)24-22(17)28)18-13-5-3-2-4-11(13)8-9-25(18)19/h2-10,16-19H,1H3,(H,24,27,28)/t16-,17+,18+,19+/m1/s1. The predicted molar refractivity (Wildman–Crippen MR) is 109 cm³/mol. The molecule has 1 N–H and O–H groups in total. The summed E-state index contributed by atoms with van der Waals surface area (Å²) in [6, 6.07) is 11.8. The molecule has 2 amide bonds. The molecule has 5 rings (SSSR count). The molecule has 2 aromatic carbocycles. The fraction of sp³-hybridized carbons (Fsp3) is 0.227. The molecule has 0 aromatic heterocycles. The van der Waals surface area contributed by atoms with Gasteiger partial charge in [-0.15, -0.1) is 0 Å². The number of hydrogen-bond donors (Lipinski definition) is 1. The second-order valence-corrected chi connectivity index (χ2v) is 8.25. The van der Waals surface area contributed by atoms with Gasteiger partial charge in [0.25, 0.3) is 0 Å². The average molecular weight is 453 g/mol. The molecule has 2 saturated heterocycles. The minimum Gasteiger partial charge on any atom is -0.496 e. The van der Waals surface area contributed by atoms with Gasteiger partial charge in [0.2, 0.25) is 11.8 Å². The summed E-state index contributed by atoms with van der Waals surface area (Å²) in [7, 11) is 1.55. The van der Waals surface area contributed by atoms with Crippen molar-refractivity contribution >= 4 is 39.6 Å². The second-order valence-electron chi connectivity index (χ2n) is 7.40. The molecule has 0 bridgehead atoms. The predicted octanol–water partition coefficient (Wildman–Crippen LogP) is 2.94. The number of fused-ring (bicyclic) bond motifs is 5. The van der Waals surface area contributed by atoms with E-state index in [4.69, 9.17) is 4.74 Å². The van der Waals surface area contributed by atoms with E-state index in [1.807, 2.05) is 41.4 Å². The first-order valence-electron chi connectivity index (χ1n) is 9.28. The number of amides is 2. The molecule has 3 heterocycles. The monoisotopic (exact) mass is 452 g/mol. The van der Waals surface area contributed by atoms with Crippen LogP contribution in [0.5, 0.6) is 5.75 Å². The van der Waals surface area contributed by atoms with E-state index in [1.54, 1.807) is 25.3 Å². The third-order valence-electron chi connectivity index (χ3n) is 6.01. The van der Waals surface area contributed by atoms with E-state index in [1.165, 1.54) is 0 Å². The van der Waals surface area contributed by atoms with Crippen LogP contribution < -0.4 is 10.1 Å². The number of imide groups is 1. The number of carbonyl (C=O) groups is 3. The molecule has 0 unspecified atom stereocenters. The van der Waals surface area contributed by atoms with Crippen LogP contribution in [0.3, 0.4) is 0 Å². The SMILES string of the molecule is COc1ccc(C(=O)[C@@H]2[C@H]3C(=O)NC(=O)[C@H]3[C@@H]3c4ccccc4C=CN23)cc1Br. The minimum atomic E-state index is -0.749. The molecule has 3 aliphatic heterocycles. The lowest BCUT2D eigenvalue weighted by Crippen LogP contribution is -2.42. The van der Waals surface area contributed by atoms with Crippen LogP contribution in [0.4, 0.5) is 0 Å². The first-order valence-corrected chi connectivity index (χ1v) is 10.1. The van der Waals surface area contributed by atoms with E-state index in [0.717, 1.165) is 11.1 Å². The summed E-state index contributed by atoms with van der Waals surface area (Å²) < 4.78 is 5.90. The van der Waals surface area contributed by atoms with Crippen molar-refractivity contribution in [3.8, 4) is 5.75 Å². The Bertz CT molecular complexity index is 1100. The van der Waals surface area contributed by atoms with Crippen molar-refractivity contribution in [1.82, 2.24) is 10.2 Å². The van der Waals surface area contributed by atoms with Gasteiger partial charge in [0.15, 0.2) is 5.78 Å². The van der Waals surface area contributed by atoms with Gasteiger partial charge in [0.05, 0.1) is 29.5 Å². The smallest absolute Gasteiger partial charge is 0.233 e. The lowest BCUT2D eigenvalue weighted by molar-refractivity contribution is -0.127. The van der Waals surface area contributed by atoms with Gasteiger partial charge in [0.1, 0.15) is 11.8 Å². The maximum absolute atomic E-state index is 13.5. The van der Waals surface area contributed by atoms with Gasteiger partial charge in [0, 0.05) is 11.8 Å². The molecule has 0 spiro atoms. The number of ether oxygens (including phenoxy) is 1. The molecule has 0 radical (unpaired) electrons. The summed E-state index contributed by atoms with van der Waals surface area (Å²) >= 11 is 3.41. The second kappa shape index (κ2) is 6.56. The number of methoxy groups -OCH3 is 1. The molecule has 0 saturated carbocycles. The van der Waals surface area contributed by atoms with E-state index in [-0.39, 0.29) is 23.6 Å². The largest absolute Gasteiger partial charge is 0.496 e. The lowest BCUT2D eigenvalue weighted by atomic mass is 9.83. The van der Waals surface area contributed by atoms with Crippen molar-refractivity contribution in [3.05, 3.63) is 69.8 Å². The zero-order valence-corrected chi connectivity index (χ0v) is 17.0. The zero-order valence-electron chi connectivity index (χ0n) is 15.5. The molecular formula is C22H17BrN2O4. The lowest BCUT2D eigenvalue weighted by Gasteiger charge is -2.34. The molecule has 2 aromatic rings. The van der Waals surface area contributed by atoms with Crippen molar-refractivity contribution in [2.75, 3.05) is 7.11 Å². The van der Waals surface area contributed by atoms with E-state index < -0.39 is 17.9 Å². The van der Waals surface area contributed by atoms with Crippen molar-refractivity contribution < 1.29 is 19.1 Å². The van der Waals surface area contributed by atoms with Gasteiger partial charge < -0.3 is 9.64 Å². The normalized spacial score (nSPS) is 26.6. The van der Waals surface area contributed by atoms with E-state index in [2.05, 4.69) is 21.2 Å². The average Bonchev–Trinajstić information content (AvgIpc) is 3.22. The molecule has 3 aliphatic rings. The number of halogens is 1. The highest BCUT2D eigenvalue weighted by Gasteiger charge is 2.61. The Morgan fingerprint density at radius 2 is 1.86 bits per heavy atom. The van der Waals surface area contributed by atoms with Crippen molar-refractivity contribution in [1.29, 1.82) is 0 Å². The summed E-state index contributed by atoms with van der Waals surface area (Å²) in [5.41, 5.74) is 2.42. The topological polar surface area (TPSA) is 75.7 Å². The highest BCUT2D eigenvalue weighted by atomic mass is 79.9. The van der Waals surface area contributed by atoms with Crippen LogP contribution in [-0.2, 0) is 9.59 Å². The number of Topliss-reactive ketones (excluding diaryl/α,β-unsaturated/α-hetero) is 1. The highest BCUT2D eigenvalue weighted by Crippen LogP contribution is 2.51. The van der Waals surface area contributed by atoms with Gasteiger partial charge in [-0.3, -0.25) is 19.7 Å². The molecule has 6 nitrogen and oxygen atoms in total. The Labute approximate surface area is 175 Å². The molecule has 7 heteroatoms. The van der Waals surface area contributed by atoms with Gasteiger partial charge in [-0.2, -0.15) is 0 Å². The van der Waals surface area contributed by atoms with E-state index in [0.29, 0.717) is 15.8 Å². The summed E-state index contributed by atoms with van der Waals surface area (Å²) in [4.78, 5) is 40.7. The number of nitrogens with one attached hydrogen (secondary N) is 1. The van der Waals surface area contributed by atoms with Gasteiger partial charge in [-0.1, -0.05) is 24.3 Å². The maximum Gasteiger partial charge on any atom is 0.233 e. The van der Waals surface area contributed by atoms with Crippen LogP contribution in [-0.4, -0.2) is 35.6 Å². The van der Waals surface area contributed by atoms with Crippen molar-refractivity contribution in [2.24, 2.45) is 11.8 Å². The Hall–Kier alpha value is -2.93. The van der Waals surface area contributed by atoms with Gasteiger partial charge in [-0.25, -0.2) is 0 Å². The third kappa shape index (κ3) is 2.57. The Balaban J connectivity index is 1.62. The summed E-state index contributed by atoms with van der Waals surface area (Å²) in [5, 5.41) is 2.44. The highest BCUT2D eigenvalue weighted by molar-refractivity contribution is 9.10. The molecule has 2 fully saturated rings. The molecule has 4 atom stereocenters. The van der Waals surface area contributed by atoms with Crippen LogP contribution in [0.15, 0.2) is 53.1 Å². The number of rotatable bonds is 3. The minimum absolute atomic E-state index is 0.195. The van der Waals surface area contributed by atoms with Crippen LogP contribution in [0, 0.1) is 11.8 Å². The number of nitrogens with zero attached hydrogens (tertiary/aromatic N) is 1. The maximum atomic E-state index is 13.5. The number of ketones is 1. The number of hydrogen-bond acceptors (Lipinski definition) is 5. The van der Waals surface area contributed by atoms with Gasteiger partial charge >= 0.3 is 0 Å². The Morgan fingerprint density at radius 1 is 1.10 bits per heavy atom. The van der Waals surface area contributed by atoms with E-state index >= 15 is 0 Å². The fourth-order valence-electron chi connectivity index (χ4n) is 4.76. The van der Waals surface area contributed by atoms with Crippen LogP contribution in [0.25, 0.3) is 6.08 Å². The van der Waals surface area contributed by atoms with Crippen LogP contribution >= 0.6 is 15.9 Å². The first kappa shape index (κ1) is 18.1. The van der Waals surface area contributed by atoms with Gasteiger partial charge in [-0.05, 0) is 51.3 Å². The summed E-state index contributed by atoms with van der Waals surface area (Å²) in [5.74, 6) is -1.59. The van der Waals surface area contributed by atoms with Crippen molar-refractivity contribution in [2.45, 2.75) is 12.1 Å². The molecular weight excluding hydrogens is 436 g/mol. The Morgan fingerprint density at radius 3 is 2.62 bits per heavy atom. The third-order valence-corrected chi connectivity index (χ3v) is 6.63. The van der Waals surface area contributed by atoms with Crippen LogP contribution in [0.2, 0.25) is 0 Å².